The molecule has 1 unspecified atom stereocenters. The van der Waals surface area contributed by atoms with E-state index in [2.05, 4.69) is 0 Å². The van der Waals surface area contributed by atoms with Crippen molar-refractivity contribution in [1.82, 2.24) is 9.80 Å². The fourth-order valence-electron chi connectivity index (χ4n) is 3.26. The lowest BCUT2D eigenvalue weighted by atomic mass is 9.86. The first-order chi connectivity index (χ1) is 11.7. The summed E-state index contributed by atoms with van der Waals surface area (Å²) in [6, 6.07) is 6.80. The number of carbonyl (C=O) groups is 3. The lowest BCUT2D eigenvalue weighted by Crippen LogP contribution is -2.48. The van der Waals surface area contributed by atoms with Crippen LogP contribution in [0.1, 0.15) is 22.3 Å². The van der Waals surface area contributed by atoms with Gasteiger partial charge in [-0.05, 0) is 18.1 Å². The maximum Gasteiger partial charge on any atom is 0.406 e. The number of carboxylic acids is 1. The highest BCUT2D eigenvalue weighted by Crippen LogP contribution is 2.45. The molecule has 0 aromatic heterocycles. The maximum absolute atomic E-state index is 13.2. The molecule has 1 fully saturated rings. The molecule has 0 bridgehead atoms. The minimum absolute atomic E-state index is 0.206. The summed E-state index contributed by atoms with van der Waals surface area (Å²) in [5.41, 5.74) is -1.73. The van der Waals surface area contributed by atoms with Crippen LogP contribution in [0, 0.1) is 5.41 Å². The molecule has 0 aliphatic carbocycles. The molecule has 0 spiro atoms. The first-order valence-corrected chi connectivity index (χ1v) is 7.61. The van der Waals surface area contributed by atoms with E-state index < -0.39 is 36.4 Å². The van der Waals surface area contributed by atoms with Crippen LogP contribution in [0.25, 0.3) is 0 Å². The van der Waals surface area contributed by atoms with Gasteiger partial charge in [-0.3, -0.25) is 14.4 Å². The van der Waals surface area contributed by atoms with Crippen LogP contribution in [-0.2, 0) is 16.1 Å². The molecule has 0 radical (unpaired) electrons. The third-order valence-corrected chi connectivity index (χ3v) is 4.80. The fraction of sp³-hybridized carbons (Fsp3) is 0.438. The molecule has 1 aromatic carbocycles. The second kappa shape index (κ2) is 5.75. The van der Waals surface area contributed by atoms with Gasteiger partial charge in [-0.2, -0.15) is 13.2 Å². The zero-order chi connectivity index (χ0) is 18.4. The maximum atomic E-state index is 13.2. The van der Waals surface area contributed by atoms with Gasteiger partial charge < -0.3 is 14.9 Å². The first kappa shape index (κ1) is 17.2. The van der Waals surface area contributed by atoms with Gasteiger partial charge in [0.15, 0.2) is 5.41 Å². The number of fused-ring (bicyclic) bond motifs is 1. The fourth-order valence-corrected chi connectivity index (χ4v) is 3.26. The SMILES string of the molecule is O=C(CN1Cc2ccccc2C1=O)N1CCC(C(=O)O)(C(F)(F)F)C1. The number of carbonyl (C=O) groups excluding carboxylic acids is 2. The van der Waals surface area contributed by atoms with Crippen LogP contribution in [0.2, 0.25) is 0 Å². The summed E-state index contributed by atoms with van der Waals surface area (Å²) in [7, 11) is 0. The molecule has 1 atom stereocenters. The third kappa shape index (κ3) is 2.73. The highest BCUT2D eigenvalue weighted by Gasteiger charge is 2.64. The predicted molar refractivity (Wildman–Crippen MR) is 78.5 cm³/mol. The van der Waals surface area contributed by atoms with E-state index >= 15 is 0 Å². The molecule has 9 heteroatoms. The summed E-state index contributed by atoms with van der Waals surface area (Å²) in [6.07, 6.45) is -5.64. The van der Waals surface area contributed by atoms with E-state index in [0.717, 1.165) is 10.5 Å². The van der Waals surface area contributed by atoms with Crippen LogP contribution < -0.4 is 0 Å². The van der Waals surface area contributed by atoms with Crippen molar-refractivity contribution in [2.45, 2.75) is 19.1 Å². The first-order valence-electron chi connectivity index (χ1n) is 7.61. The number of carboxylic acid groups (broad SMARTS) is 1. The molecule has 1 saturated heterocycles. The monoisotopic (exact) mass is 356 g/mol. The number of nitrogens with zero attached hydrogens (tertiary/aromatic N) is 2. The van der Waals surface area contributed by atoms with Gasteiger partial charge in [0, 0.05) is 25.2 Å². The Morgan fingerprint density at radius 1 is 1.24 bits per heavy atom. The van der Waals surface area contributed by atoms with Crippen LogP contribution in [-0.4, -0.2) is 58.5 Å². The van der Waals surface area contributed by atoms with Crippen molar-refractivity contribution < 1.29 is 32.7 Å². The van der Waals surface area contributed by atoms with Crippen molar-refractivity contribution in [3.63, 3.8) is 0 Å². The predicted octanol–water partition coefficient (Wildman–Crippen LogP) is 1.51. The Hall–Kier alpha value is -2.58. The summed E-state index contributed by atoms with van der Waals surface area (Å²) >= 11 is 0. The lowest BCUT2D eigenvalue weighted by Gasteiger charge is -2.27. The number of aliphatic carboxylic acids is 1. The molecular weight excluding hydrogens is 341 g/mol. The summed E-state index contributed by atoms with van der Waals surface area (Å²) in [5.74, 6) is -3.03. The molecule has 1 aromatic rings. The summed E-state index contributed by atoms with van der Waals surface area (Å²) in [5, 5.41) is 9.02. The van der Waals surface area contributed by atoms with E-state index in [1.165, 1.54) is 4.90 Å². The minimum Gasteiger partial charge on any atom is -0.481 e. The number of halogens is 3. The molecule has 1 N–H and O–H groups in total. The normalized spacial score (nSPS) is 23.1. The standard InChI is InChI=1S/C16H15F3N2O4/c17-16(18,19)15(14(24)25)5-6-20(9-15)12(22)8-21-7-10-3-1-2-4-11(10)13(21)23/h1-4H,5-9H2,(H,24,25). The van der Waals surface area contributed by atoms with Crippen molar-refractivity contribution in [2.24, 2.45) is 5.41 Å². The van der Waals surface area contributed by atoms with Crippen LogP contribution in [0.15, 0.2) is 24.3 Å². The number of likely N-dealkylation sites (tertiary alicyclic amines) is 1. The second-order valence-electron chi connectivity index (χ2n) is 6.27. The Morgan fingerprint density at radius 3 is 2.48 bits per heavy atom. The van der Waals surface area contributed by atoms with E-state index in [4.69, 9.17) is 5.11 Å². The van der Waals surface area contributed by atoms with Crippen LogP contribution in [0.5, 0.6) is 0 Å². The summed E-state index contributed by atoms with van der Waals surface area (Å²) in [6.45, 7) is -1.40. The highest BCUT2D eigenvalue weighted by atomic mass is 19.4. The number of hydrogen-bond acceptors (Lipinski definition) is 3. The molecule has 0 saturated carbocycles. The topological polar surface area (TPSA) is 77.9 Å². The largest absolute Gasteiger partial charge is 0.481 e. The van der Waals surface area contributed by atoms with Crippen molar-refractivity contribution in [3.8, 4) is 0 Å². The van der Waals surface area contributed by atoms with Crippen molar-refractivity contribution in [3.05, 3.63) is 35.4 Å². The molecule has 2 aliphatic heterocycles. The minimum atomic E-state index is -4.95. The average Bonchev–Trinajstić information content (AvgIpc) is 3.11. The van der Waals surface area contributed by atoms with Gasteiger partial charge in [0.1, 0.15) is 6.54 Å². The molecule has 25 heavy (non-hydrogen) atoms. The van der Waals surface area contributed by atoms with Gasteiger partial charge in [0.25, 0.3) is 5.91 Å². The zero-order valence-electron chi connectivity index (χ0n) is 13.0. The Balaban J connectivity index is 1.70. The highest BCUT2D eigenvalue weighted by molar-refractivity contribution is 6.00. The van der Waals surface area contributed by atoms with Crippen LogP contribution in [0.4, 0.5) is 13.2 Å². The van der Waals surface area contributed by atoms with Crippen molar-refractivity contribution >= 4 is 17.8 Å². The molecular formula is C16H15F3N2O4. The zero-order valence-corrected chi connectivity index (χ0v) is 13.0. The smallest absolute Gasteiger partial charge is 0.406 e. The van der Waals surface area contributed by atoms with Gasteiger partial charge >= 0.3 is 12.1 Å². The van der Waals surface area contributed by atoms with E-state index in [0.29, 0.717) is 5.56 Å². The van der Waals surface area contributed by atoms with Crippen molar-refractivity contribution in [2.75, 3.05) is 19.6 Å². The number of alkyl halides is 3. The molecule has 6 nitrogen and oxygen atoms in total. The van der Waals surface area contributed by atoms with Crippen LogP contribution >= 0.6 is 0 Å². The van der Waals surface area contributed by atoms with Gasteiger partial charge in [-0.15, -0.1) is 0 Å². The van der Waals surface area contributed by atoms with E-state index in [9.17, 15) is 27.6 Å². The van der Waals surface area contributed by atoms with E-state index in [1.807, 2.05) is 0 Å². The lowest BCUT2D eigenvalue weighted by molar-refractivity contribution is -0.227. The third-order valence-electron chi connectivity index (χ3n) is 4.80. The molecule has 3 rings (SSSR count). The average molecular weight is 356 g/mol. The van der Waals surface area contributed by atoms with E-state index in [1.54, 1.807) is 24.3 Å². The number of hydrogen-bond donors (Lipinski definition) is 1. The summed E-state index contributed by atoms with van der Waals surface area (Å²) < 4.78 is 39.5. The van der Waals surface area contributed by atoms with Gasteiger partial charge in [0.2, 0.25) is 5.91 Å². The molecule has 2 heterocycles. The Kier molecular flexibility index (Phi) is 3.97. The van der Waals surface area contributed by atoms with Gasteiger partial charge in [-0.1, -0.05) is 18.2 Å². The Morgan fingerprint density at radius 2 is 1.92 bits per heavy atom. The van der Waals surface area contributed by atoms with E-state index in [-0.39, 0.29) is 25.5 Å². The quantitative estimate of drug-likeness (QED) is 0.891. The number of rotatable bonds is 3. The Bertz CT molecular complexity index is 749. The molecule has 2 aliphatic rings. The Labute approximate surface area is 140 Å². The van der Waals surface area contributed by atoms with Gasteiger partial charge in [-0.25, -0.2) is 0 Å². The number of amides is 2. The van der Waals surface area contributed by atoms with Crippen molar-refractivity contribution in [1.29, 1.82) is 0 Å². The van der Waals surface area contributed by atoms with Gasteiger partial charge in [0.05, 0.1) is 0 Å². The molecule has 134 valence electrons. The molecule has 2 amide bonds. The second-order valence-corrected chi connectivity index (χ2v) is 6.27. The number of benzene rings is 1. The summed E-state index contributed by atoms with van der Waals surface area (Å²) in [4.78, 5) is 37.8. The van der Waals surface area contributed by atoms with Crippen LogP contribution in [0.3, 0.4) is 0 Å².